The molecule has 42 heavy (non-hydrogen) atoms. The number of alkyl carbamates (subject to hydrolysis) is 1. The average Bonchev–Trinajstić information content (AvgIpc) is 2.99. The number of amides is 3. The van der Waals surface area contributed by atoms with Crippen molar-refractivity contribution in [1.29, 1.82) is 0 Å². The first-order chi connectivity index (χ1) is 20.3. The van der Waals surface area contributed by atoms with Gasteiger partial charge in [-0.25, -0.2) is 9.59 Å². The molecule has 0 aromatic heterocycles. The van der Waals surface area contributed by atoms with Crippen molar-refractivity contribution in [3.05, 3.63) is 97.1 Å². The van der Waals surface area contributed by atoms with Gasteiger partial charge in [-0.3, -0.25) is 9.59 Å². The summed E-state index contributed by atoms with van der Waals surface area (Å²) in [5.41, 5.74) is 1.71. The van der Waals surface area contributed by atoms with Gasteiger partial charge in [-0.05, 0) is 30.9 Å². The molecule has 0 bridgehead atoms. The lowest BCUT2D eigenvalue weighted by molar-refractivity contribution is -0.151. The number of carbonyl (C=O) groups is 4. The number of carbonyl (C=O) groups excluding carboxylic acids is 4. The second kappa shape index (κ2) is 18.8. The average molecular weight is 580 g/mol. The minimum absolute atomic E-state index is 0.00393. The van der Waals surface area contributed by atoms with Crippen molar-refractivity contribution in [2.75, 3.05) is 19.7 Å². The number of aliphatic hydroxyl groups is 1. The molecule has 10 heteroatoms. The molecule has 0 fully saturated rings. The molecule has 0 aliphatic rings. The number of hydrogen-bond acceptors (Lipinski definition) is 7. The molecule has 0 heterocycles. The Balaban J connectivity index is 1.87. The van der Waals surface area contributed by atoms with E-state index in [9.17, 15) is 24.3 Å². The summed E-state index contributed by atoms with van der Waals surface area (Å²) in [4.78, 5) is 52.5. The van der Waals surface area contributed by atoms with E-state index in [1.807, 2.05) is 60.7 Å². The molecule has 0 aliphatic heterocycles. The first-order valence-corrected chi connectivity index (χ1v) is 13.9. The summed E-state index contributed by atoms with van der Waals surface area (Å²) in [5, 5.41) is 14.7. The van der Waals surface area contributed by atoms with Crippen molar-refractivity contribution < 1.29 is 33.8 Å². The minimum atomic E-state index is -1.02. The smallest absolute Gasteiger partial charge is 0.408 e. The van der Waals surface area contributed by atoms with Gasteiger partial charge in [-0.15, -0.1) is 13.2 Å². The zero-order chi connectivity index (χ0) is 30.7. The summed E-state index contributed by atoms with van der Waals surface area (Å²) in [6.07, 6.45) is 1.86. The lowest BCUT2D eigenvalue weighted by Gasteiger charge is -2.25. The SMILES string of the molecule is C=CC[C@H](CC(=O)N(CCO)Cc1ccccc1)C(=O)NC[C@H](C)OC(=O)[C@@H](CC=C)NC(=O)OCc1ccccc1. The highest BCUT2D eigenvalue weighted by atomic mass is 16.6. The molecule has 0 radical (unpaired) electrons. The highest BCUT2D eigenvalue weighted by Gasteiger charge is 2.26. The zero-order valence-electron chi connectivity index (χ0n) is 24.1. The van der Waals surface area contributed by atoms with Crippen molar-refractivity contribution in [1.82, 2.24) is 15.5 Å². The number of nitrogens with zero attached hydrogens (tertiary/aromatic N) is 1. The monoisotopic (exact) mass is 579 g/mol. The molecule has 3 amide bonds. The number of nitrogens with one attached hydrogen (secondary N) is 2. The number of allylic oxidation sites excluding steroid dienone is 1. The van der Waals surface area contributed by atoms with E-state index < -0.39 is 30.1 Å². The third-order valence-corrected chi connectivity index (χ3v) is 6.25. The van der Waals surface area contributed by atoms with E-state index in [2.05, 4.69) is 23.8 Å². The molecule has 0 saturated heterocycles. The molecule has 0 aliphatic carbocycles. The Morgan fingerprint density at radius 1 is 0.952 bits per heavy atom. The molecule has 10 nitrogen and oxygen atoms in total. The van der Waals surface area contributed by atoms with E-state index in [0.717, 1.165) is 11.1 Å². The van der Waals surface area contributed by atoms with Gasteiger partial charge in [0.25, 0.3) is 0 Å². The topological polar surface area (TPSA) is 134 Å². The van der Waals surface area contributed by atoms with Gasteiger partial charge in [0.05, 0.1) is 19.1 Å². The van der Waals surface area contributed by atoms with Crippen LogP contribution in [0.2, 0.25) is 0 Å². The van der Waals surface area contributed by atoms with Gasteiger partial charge in [-0.1, -0.05) is 72.8 Å². The van der Waals surface area contributed by atoms with Gasteiger partial charge in [0.2, 0.25) is 11.8 Å². The molecule has 226 valence electrons. The van der Waals surface area contributed by atoms with Gasteiger partial charge < -0.3 is 30.1 Å². The molecule has 2 aromatic carbocycles. The van der Waals surface area contributed by atoms with Crippen LogP contribution in [-0.2, 0) is 37.0 Å². The number of hydrogen-bond donors (Lipinski definition) is 3. The van der Waals surface area contributed by atoms with Crippen LogP contribution in [-0.4, -0.2) is 65.7 Å². The molecule has 3 atom stereocenters. The third-order valence-electron chi connectivity index (χ3n) is 6.25. The lowest BCUT2D eigenvalue weighted by Crippen LogP contribution is -2.44. The number of rotatable bonds is 18. The Morgan fingerprint density at radius 3 is 2.17 bits per heavy atom. The van der Waals surface area contributed by atoms with Gasteiger partial charge in [0.15, 0.2) is 0 Å². The molecule has 0 unspecified atom stereocenters. The summed E-state index contributed by atoms with van der Waals surface area (Å²) in [6, 6.07) is 17.5. The minimum Gasteiger partial charge on any atom is -0.459 e. The van der Waals surface area contributed by atoms with Crippen molar-refractivity contribution >= 4 is 23.9 Å². The number of benzene rings is 2. The summed E-state index contributed by atoms with van der Waals surface area (Å²) in [6.45, 7) is 9.22. The van der Waals surface area contributed by atoms with E-state index in [1.165, 1.54) is 11.0 Å². The predicted octanol–water partition coefficient (Wildman–Crippen LogP) is 3.51. The van der Waals surface area contributed by atoms with Crippen LogP contribution in [0, 0.1) is 5.92 Å². The molecule has 2 rings (SSSR count). The van der Waals surface area contributed by atoms with Crippen LogP contribution < -0.4 is 10.6 Å². The number of aliphatic hydroxyl groups excluding tert-OH is 1. The normalized spacial score (nSPS) is 12.6. The van der Waals surface area contributed by atoms with Crippen LogP contribution in [0.25, 0.3) is 0 Å². The Bertz CT molecular complexity index is 1160. The number of esters is 1. The molecular formula is C32H41N3O7. The third kappa shape index (κ3) is 12.4. The Hall–Kier alpha value is -4.44. The van der Waals surface area contributed by atoms with Gasteiger partial charge in [0.1, 0.15) is 18.8 Å². The Kier molecular flexibility index (Phi) is 15.1. The largest absolute Gasteiger partial charge is 0.459 e. The van der Waals surface area contributed by atoms with Gasteiger partial charge >= 0.3 is 12.1 Å². The Morgan fingerprint density at radius 2 is 1.57 bits per heavy atom. The number of ether oxygens (including phenoxy) is 2. The second-order valence-corrected chi connectivity index (χ2v) is 9.73. The predicted molar refractivity (Wildman–Crippen MR) is 159 cm³/mol. The van der Waals surface area contributed by atoms with Crippen LogP contribution in [0.3, 0.4) is 0 Å². The summed E-state index contributed by atoms with van der Waals surface area (Å²) in [7, 11) is 0. The zero-order valence-corrected chi connectivity index (χ0v) is 24.1. The van der Waals surface area contributed by atoms with Gasteiger partial charge in [0, 0.05) is 19.5 Å². The second-order valence-electron chi connectivity index (χ2n) is 9.73. The fourth-order valence-corrected chi connectivity index (χ4v) is 4.04. The van der Waals surface area contributed by atoms with Crippen LogP contribution in [0.4, 0.5) is 4.79 Å². The highest BCUT2D eigenvalue weighted by molar-refractivity contribution is 5.86. The highest BCUT2D eigenvalue weighted by Crippen LogP contribution is 2.15. The summed E-state index contributed by atoms with van der Waals surface area (Å²) < 4.78 is 10.6. The van der Waals surface area contributed by atoms with E-state index >= 15 is 0 Å². The molecule has 2 aromatic rings. The maximum atomic E-state index is 13.0. The Labute approximate surface area is 247 Å². The standard InChI is InChI=1S/C32H41N3O7/c1-4-12-27(20-29(37)35(18-19-36)22-25-14-8-6-9-15-25)30(38)33-21-24(3)42-31(39)28(13-5-2)34-32(40)41-23-26-16-10-7-11-17-26/h4-11,14-17,24,27-28,36H,1-2,12-13,18-23H2,3H3,(H,33,38)(H,34,40)/t24-,27+,28+/m0/s1. The van der Waals surface area contributed by atoms with Gasteiger partial charge in [-0.2, -0.15) is 0 Å². The van der Waals surface area contributed by atoms with Crippen molar-refractivity contribution in [3.63, 3.8) is 0 Å². The van der Waals surface area contributed by atoms with Crippen LogP contribution in [0.15, 0.2) is 86.0 Å². The van der Waals surface area contributed by atoms with Crippen molar-refractivity contribution in [2.24, 2.45) is 5.92 Å². The van der Waals surface area contributed by atoms with E-state index in [4.69, 9.17) is 9.47 Å². The van der Waals surface area contributed by atoms with Crippen LogP contribution >= 0.6 is 0 Å². The van der Waals surface area contributed by atoms with E-state index in [0.29, 0.717) is 6.54 Å². The van der Waals surface area contributed by atoms with E-state index in [-0.39, 0.29) is 57.4 Å². The first-order valence-electron chi connectivity index (χ1n) is 13.9. The summed E-state index contributed by atoms with van der Waals surface area (Å²) >= 11 is 0. The molecular weight excluding hydrogens is 538 g/mol. The quantitative estimate of drug-likeness (QED) is 0.182. The van der Waals surface area contributed by atoms with Crippen molar-refractivity contribution in [3.8, 4) is 0 Å². The fraction of sp³-hybridized carbons (Fsp3) is 0.375. The van der Waals surface area contributed by atoms with E-state index in [1.54, 1.807) is 13.0 Å². The lowest BCUT2D eigenvalue weighted by atomic mass is 9.99. The maximum absolute atomic E-state index is 13.0. The molecule has 3 N–H and O–H groups in total. The fourth-order valence-electron chi connectivity index (χ4n) is 4.04. The van der Waals surface area contributed by atoms with Crippen LogP contribution in [0.5, 0.6) is 0 Å². The van der Waals surface area contributed by atoms with Crippen LogP contribution in [0.1, 0.15) is 37.3 Å². The maximum Gasteiger partial charge on any atom is 0.408 e. The van der Waals surface area contributed by atoms with Crippen molar-refractivity contribution in [2.45, 2.75) is 51.5 Å². The summed E-state index contributed by atoms with van der Waals surface area (Å²) in [5.74, 6) is -2.05. The first kappa shape index (κ1) is 33.8. The molecule has 0 saturated carbocycles. The molecule has 0 spiro atoms.